The Hall–Kier alpha value is 2.12. The summed E-state index contributed by atoms with van der Waals surface area (Å²) in [4.78, 5) is 60.0. The minimum atomic E-state index is -6.26. The van der Waals surface area contributed by atoms with E-state index in [0.29, 0.717) is 0 Å². The summed E-state index contributed by atoms with van der Waals surface area (Å²) in [5.41, 5.74) is 0. The molecule has 0 rings (SSSR count). The van der Waals surface area contributed by atoms with Gasteiger partial charge in [-0.3, -0.25) is 17.8 Å². The first-order valence-corrected chi connectivity index (χ1v) is 8.76. The van der Waals surface area contributed by atoms with Crippen molar-refractivity contribution < 1.29 is 112 Å². The van der Waals surface area contributed by atoms with Gasteiger partial charge in [-0.25, -0.2) is 4.31 Å². The van der Waals surface area contributed by atoms with Crippen molar-refractivity contribution in [3.05, 3.63) is 0 Å². The fraction of sp³-hybridized carbons (Fsp3) is 0. The van der Waals surface area contributed by atoms with Crippen LogP contribution in [0.1, 0.15) is 0 Å². The van der Waals surface area contributed by atoms with Gasteiger partial charge in [0.25, 0.3) is 15.6 Å². The average Bonchev–Trinajstić information content (AvgIpc) is 1.65. The van der Waals surface area contributed by atoms with Gasteiger partial charge in [0.2, 0.25) is 0 Å². The molecule has 20 heteroatoms. The van der Waals surface area contributed by atoms with Crippen molar-refractivity contribution in [2.24, 2.45) is 0 Å². The van der Waals surface area contributed by atoms with Gasteiger partial charge in [0, 0.05) is 0 Å². The van der Waals surface area contributed by atoms with E-state index in [4.69, 9.17) is 0 Å². The van der Waals surface area contributed by atoms with E-state index in [-0.39, 0.29) is 51.2 Å². The van der Waals surface area contributed by atoms with E-state index in [2.05, 4.69) is 12.9 Å². The molecule has 0 saturated carbocycles. The number of hydrogen-bond acceptors (Lipinski definition) is 13. The van der Waals surface area contributed by atoms with Crippen LogP contribution < -0.4 is 29.4 Å². The summed E-state index contributed by atoms with van der Waals surface area (Å²) in [7, 11) is -24.9. The standard InChI is InChI=1S/3Fe.H6O13P4/c;;;1-14(2,3)11-16(7,8)13-17(9,10)12-15(4,5)6/h;;;(H,7,8)(H,9,10)(H2,1,2,3)(H2,4,5,6)/q3*+2;/p-6. The van der Waals surface area contributed by atoms with Crippen molar-refractivity contribution in [2.45, 2.75) is 0 Å². The minimum absolute atomic E-state index is 0. The second kappa shape index (κ2) is 10.1. The first-order chi connectivity index (χ1) is 7.12. The Bertz CT molecular complexity index is 414. The van der Waals surface area contributed by atoms with Crippen LogP contribution in [0.5, 0.6) is 0 Å². The third kappa shape index (κ3) is 18.2. The largest absolute Gasteiger partial charge is 2.00 e. The molecular weight excluding hydrogens is 499 g/mol. The minimum Gasteiger partial charge on any atom is -0.790 e. The molecule has 0 aromatic rings. The van der Waals surface area contributed by atoms with Crippen LogP contribution in [0.25, 0.3) is 0 Å². The molecule has 0 amide bonds. The Kier molecular flexibility index (Phi) is 15.1. The molecule has 0 aliphatic carbocycles. The molecule has 0 aromatic heterocycles. The Morgan fingerprint density at radius 1 is 0.500 bits per heavy atom. The molecule has 0 heterocycles. The zero-order valence-electron chi connectivity index (χ0n) is 8.16. The molecule has 13 nitrogen and oxygen atoms in total. The van der Waals surface area contributed by atoms with Gasteiger partial charge < -0.3 is 38.5 Å². The zero-order chi connectivity index (χ0) is 14.1. The van der Waals surface area contributed by atoms with Crippen molar-refractivity contribution in [1.29, 1.82) is 0 Å². The van der Waals surface area contributed by atoms with Gasteiger partial charge in [-0.05, 0) is 0 Å². The van der Waals surface area contributed by atoms with E-state index >= 15 is 0 Å². The first kappa shape index (κ1) is 30.0. The molecule has 0 aliphatic heterocycles. The van der Waals surface area contributed by atoms with E-state index in [1.165, 1.54) is 0 Å². The Morgan fingerprint density at radius 2 is 0.700 bits per heavy atom. The van der Waals surface area contributed by atoms with Crippen LogP contribution in [0.4, 0.5) is 0 Å². The first-order valence-electron chi connectivity index (χ1n) is 2.92. The van der Waals surface area contributed by atoms with Gasteiger partial charge in [0.1, 0.15) is 0 Å². The summed E-state index contributed by atoms with van der Waals surface area (Å²) >= 11 is 0. The van der Waals surface area contributed by atoms with Crippen molar-refractivity contribution in [2.75, 3.05) is 0 Å². The Morgan fingerprint density at radius 3 is 0.850 bits per heavy atom. The molecule has 0 N–H and O–H groups in total. The van der Waals surface area contributed by atoms with Crippen LogP contribution in [-0.2, 0) is 82.4 Å². The average molecular weight is 499 g/mol. The Balaban J connectivity index is -0.000000427. The van der Waals surface area contributed by atoms with E-state index in [0.717, 1.165) is 0 Å². The molecule has 0 fully saturated rings. The third-order valence-corrected chi connectivity index (χ3v) is 5.40. The molecule has 0 saturated heterocycles. The Labute approximate surface area is 142 Å². The second-order valence-electron chi connectivity index (χ2n) is 2.03. The third-order valence-electron chi connectivity index (χ3n) is 0.600. The second-order valence-corrected chi connectivity index (χ2v) is 7.57. The summed E-state index contributed by atoms with van der Waals surface area (Å²) in [6.45, 7) is 0. The monoisotopic (exact) mass is 500 g/mol. The van der Waals surface area contributed by atoms with Gasteiger partial charge in [-0.15, -0.1) is 0 Å². The smallest absolute Gasteiger partial charge is 0.790 e. The van der Waals surface area contributed by atoms with Crippen LogP contribution >= 0.6 is 31.3 Å². The predicted molar refractivity (Wildman–Crippen MR) is 33.7 cm³/mol. The van der Waals surface area contributed by atoms with Gasteiger partial charge in [0.05, 0.1) is 15.6 Å². The molecule has 0 bridgehead atoms. The molecule has 0 aromatic carbocycles. The van der Waals surface area contributed by atoms with Crippen LogP contribution in [0.3, 0.4) is 0 Å². The summed E-state index contributed by atoms with van der Waals surface area (Å²) in [5.74, 6) is 0. The normalized spacial score (nSPS) is 17.5. The van der Waals surface area contributed by atoms with Gasteiger partial charge in [0.15, 0.2) is 0 Å². The zero-order valence-corrected chi connectivity index (χ0v) is 15.0. The van der Waals surface area contributed by atoms with Crippen LogP contribution in [0.15, 0.2) is 0 Å². The van der Waals surface area contributed by atoms with Crippen LogP contribution in [0, 0.1) is 0 Å². The molecule has 0 aliphatic rings. The maximum atomic E-state index is 10.4. The topological polar surface area (TPSA) is 234 Å². The van der Waals surface area contributed by atoms with Crippen molar-refractivity contribution in [1.82, 2.24) is 0 Å². The maximum Gasteiger partial charge on any atom is 2.00 e. The fourth-order valence-corrected chi connectivity index (χ4v) is 4.11. The SMILES string of the molecule is O=P([O-])([O-])OP(=O)([O-])OP(=O)([O-])OP(=O)([O-])[O-].[Fe+2].[Fe+2].[Fe+2]. The fourth-order valence-electron chi connectivity index (χ4n) is 0.397. The summed E-state index contributed by atoms with van der Waals surface area (Å²) < 4.78 is 48.5. The van der Waals surface area contributed by atoms with Crippen molar-refractivity contribution >= 4 is 31.3 Å². The van der Waals surface area contributed by atoms with Crippen molar-refractivity contribution in [3.63, 3.8) is 0 Å². The molecule has 0 spiro atoms. The summed E-state index contributed by atoms with van der Waals surface area (Å²) in [5, 5.41) is 0. The van der Waals surface area contributed by atoms with E-state index in [1.54, 1.807) is 0 Å². The van der Waals surface area contributed by atoms with E-state index < -0.39 is 31.3 Å². The molecular formula is Fe3O13P4. The molecule has 0 radical (unpaired) electrons. The van der Waals surface area contributed by atoms with E-state index in [9.17, 15) is 47.6 Å². The summed E-state index contributed by atoms with van der Waals surface area (Å²) in [6.07, 6.45) is 0. The van der Waals surface area contributed by atoms with Gasteiger partial charge >= 0.3 is 51.2 Å². The van der Waals surface area contributed by atoms with Gasteiger partial charge in [-0.1, -0.05) is 0 Å². The molecule has 2 atom stereocenters. The van der Waals surface area contributed by atoms with Crippen LogP contribution in [-0.4, -0.2) is 0 Å². The number of hydrogen-bond donors (Lipinski definition) is 0. The maximum absolute atomic E-state index is 10.4. The number of phosphoric acid groups is 4. The predicted octanol–water partition coefficient (Wildman–Crippen LogP) is -4.38. The number of rotatable bonds is 6. The van der Waals surface area contributed by atoms with Crippen LogP contribution in [0.2, 0.25) is 0 Å². The van der Waals surface area contributed by atoms with E-state index in [1.807, 2.05) is 0 Å². The van der Waals surface area contributed by atoms with Crippen molar-refractivity contribution in [3.8, 4) is 0 Å². The molecule has 20 heavy (non-hydrogen) atoms. The van der Waals surface area contributed by atoms with Gasteiger partial charge in [-0.2, -0.15) is 0 Å². The molecule has 122 valence electrons. The summed E-state index contributed by atoms with van der Waals surface area (Å²) in [6, 6.07) is 0. The molecule has 2 unspecified atom stereocenters. The quantitative estimate of drug-likeness (QED) is 0.248.